The van der Waals surface area contributed by atoms with Crippen LogP contribution in [0.2, 0.25) is 0 Å². The van der Waals surface area contributed by atoms with Crippen LogP contribution in [-0.2, 0) is 16.6 Å². The average Bonchev–Trinajstić information content (AvgIpc) is 2.48. The maximum Gasteiger partial charge on any atom is 0.243 e. The lowest BCUT2D eigenvalue weighted by Gasteiger charge is -2.19. The highest BCUT2D eigenvalue weighted by Crippen LogP contribution is 2.19. The van der Waals surface area contributed by atoms with Crippen LogP contribution < -0.4 is 5.32 Å². The van der Waals surface area contributed by atoms with E-state index in [2.05, 4.69) is 18.8 Å². The fourth-order valence-electron chi connectivity index (χ4n) is 2.05. The second kappa shape index (κ2) is 8.97. The maximum absolute atomic E-state index is 12.7. The summed E-state index contributed by atoms with van der Waals surface area (Å²) in [6, 6.07) is 7.20. The van der Waals surface area contributed by atoms with E-state index in [-0.39, 0.29) is 0 Å². The lowest BCUT2D eigenvalue weighted by Crippen LogP contribution is -2.29. The van der Waals surface area contributed by atoms with E-state index in [1.54, 1.807) is 19.2 Å². The van der Waals surface area contributed by atoms with Crippen LogP contribution >= 0.6 is 0 Å². The van der Waals surface area contributed by atoms with Crippen LogP contribution in [0, 0.1) is 0 Å². The summed E-state index contributed by atoms with van der Waals surface area (Å²) in [5.74, 6) is 0. The summed E-state index contributed by atoms with van der Waals surface area (Å²) in [5.41, 5.74) is 0.821. The lowest BCUT2D eigenvalue weighted by molar-refractivity contribution is 0.461. The predicted octanol–water partition coefficient (Wildman–Crippen LogP) is 2.77. The number of nitrogens with one attached hydrogen (secondary N) is 1. The Bertz CT molecular complexity index is 541. The topological polar surface area (TPSA) is 49.4 Å². The number of allylic oxidation sites excluding steroid dienone is 1. The van der Waals surface area contributed by atoms with Crippen LogP contribution in [0.1, 0.15) is 31.7 Å². The van der Waals surface area contributed by atoms with Crippen molar-refractivity contribution in [3.05, 3.63) is 42.5 Å². The molecule has 0 unspecified atom stereocenters. The van der Waals surface area contributed by atoms with Crippen LogP contribution in [-0.4, -0.2) is 32.9 Å². The maximum atomic E-state index is 12.7. The molecule has 0 aromatic heterocycles. The van der Waals surface area contributed by atoms with Crippen LogP contribution in [0.5, 0.6) is 0 Å². The molecule has 1 N–H and O–H groups in total. The van der Waals surface area contributed by atoms with Gasteiger partial charge in [0, 0.05) is 20.1 Å². The third-order valence-electron chi connectivity index (χ3n) is 3.28. The molecule has 1 aromatic carbocycles. The fourth-order valence-corrected chi connectivity index (χ4v) is 3.48. The Labute approximate surface area is 128 Å². The van der Waals surface area contributed by atoms with Crippen LogP contribution in [0.3, 0.4) is 0 Å². The van der Waals surface area contributed by atoms with Crippen LogP contribution in [0.4, 0.5) is 0 Å². The van der Waals surface area contributed by atoms with Crippen molar-refractivity contribution < 1.29 is 8.42 Å². The van der Waals surface area contributed by atoms with Crippen molar-refractivity contribution in [1.82, 2.24) is 9.62 Å². The summed E-state index contributed by atoms with van der Waals surface area (Å²) in [6.45, 7) is 7.70. The minimum Gasteiger partial charge on any atom is -0.313 e. The first-order chi connectivity index (χ1) is 10.0. The molecule has 0 radical (unpaired) electrons. The largest absolute Gasteiger partial charge is 0.313 e. The molecule has 0 saturated heterocycles. The Kier molecular flexibility index (Phi) is 7.64. The number of benzene rings is 1. The molecule has 0 saturated carbocycles. The van der Waals surface area contributed by atoms with Gasteiger partial charge in [-0.2, -0.15) is 0 Å². The van der Waals surface area contributed by atoms with E-state index < -0.39 is 10.0 Å². The molecular formula is C16H26N2O2S. The van der Waals surface area contributed by atoms with Gasteiger partial charge in [-0.15, -0.1) is 6.58 Å². The second-order valence-electron chi connectivity index (χ2n) is 5.04. The zero-order chi connectivity index (χ0) is 15.7. The van der Waals surface area contributed by atoms with Crippen molar-refractivity contribution in [3.63, 3.8) is 0 Å². The van der Waals surface area contributed by atoms with Crippen molar-refractivity contribution in [2.45, 2.75) is 37.6 Å². The van der Waals surface area contributed by atoms with Crippen molar-refractivity contribution in [1.29, 1.82) is 0 Å². The Morgan fingerprint density at radius 3 is 2.71 bits per heavy atom. The third kappa shape index (κ3) is 5.26. The van der Waals surface area contributed by atoms with Crippen molar-refractivity contribution in [3.8, 4) is 0 Å². The number of unbranched alkanes of at least 4 members (excludes halogenated alkanes) is 1. The highest BCUT2D eigenvalue weighted by molar-refractivity contribution is 7.89. The normalized spacial score (nSPS) is 11.8. The quantitative estimate of drug-likeness (QED) is 0.534. The summed E-state index contributed by atoms with van der Waals surface area (Å²) in [5, 5.41) is 3.26. The Balaban J connectivity index is 2.88. The molecule has 0 aliphatic rings. The molecule has 118 valence electrons. The Morgan fingerprint density at radius 1 is 1.33 bits per heavy atom. The number of sulfonamides is 1. The van der Waals surface area contributed by atoms with Gasteiger partial charge in [-0.1, -0.05) is 31.2 Å². The van der Waals surface area contributed by atoms with Gasteiger partial charge < -0.3 is 5.32 Å². The zero-order valence-corrected chi connectivity index (χ0v) is 13.8. The summed E-state index contributed by atoms with van der Waals surface area (Å²) >= 11 is 0. The first-order valence-corrected chi connectivity index (χ1v) is 8.84. The predicted molar refractivity (Wildman–Crippen MR) is 87.7 cm³/mol. The lowest BCUT2D eigenvalue weighted by atomic mass is 10.2. The number of rotatable bonds is 10. The molecule has 4 nitrogen and oxygen atoms in total. The molecular weight excluding hydrogens is 284 g/mol. The fraction of sp³-hybridized carbons (Fsp3) is 0.500. The molecule has 0 heterocycles. The average molecular weight is 310 g/mol. The van der Waals surface area contributed by atoms with E-state index in [1.807, 2.05) is 18.2 Å². The molecule has 0 bridgehead atoms. The van der Waals surface area contributed by atoms with E-state index in [9.17, 15) is 8.42 Å². The SMILES string of the molecule is C=CCCCN(C)S(=O)(=O)c1ccccc1CNCCC. The summed E-state index contributed by atoms with van der Waals surface area (Å²) in [4.78, 5) is 0.398. The third-order valence-corrected chi connectivity index (χ3v) is 5.24. The molecule has 5 heteroatoms. The van der Waals surface area contributed by atoms with Gasteiger partial charge in [0.15, 0.2) is 0 Å². The van der Waals surface area contributed by atoms with Gasteiger partial charge in [0.05, 0.1) is 4.90 Å². The molecule has 1 rings (SSSR count). The van der Waals surface area contributed by atoms with Crippen molar-refractivity contribution >= 4 is 10.0 Å². The molecule has 21 heavy (non-hydrogen) atoms. The monoisotopic (exact) mass is 310 g/mol. The molecule has 0 spiro atoms. The van der Waals surface area contributed by atoms with Gasteiger partial charge >= 0.3 is 0 Å². The Morgan fingerprint density at radius 2 is 2.05 bits per heavy atom. The van der Waals surface area contributed by atoms with E-state index in [0.717, 1.165) is 31.4 Å². The van der Waals surface area contributed by atoms with E-state index in [1.165, 1.54) is 4.31 Å². The molecule has 0 aliphatic heterocycles. The van der Waals surface area contributed by atoms with Gasteiger partial charge in [-0.05, 0) is 37.4 Å². The van der Waals surface area contributed by atoms with Gasteiger partial charge in [-0.25, -0.2) is 12.7 Å². The standard InChI is InChI=1S/C16H26N2O2S/c1-4-6-9-13-18(3)21(19,20)16-11-8-7-10-15(16)14-17-12-5-2/h4,7-8,10-11,17H,1,5-6,9,12-14H2,2-3H3. The Hall–Kier alpha value is -1.17. The first kappa shape index (κ1) is 17.9. The molecule has 0 amide bonds. The summed E-state index contributed by atoms with van der Waals surface area (Å²) in [6.07, 6.45) is 4.44. The number of hydrogen-bond donors (Lipinski definition) is 1. The second-order valence-corrected chi connectivity index (χ2v) is 7.06. The number of nitrogens with zero attached hydrogens (tertiary/aromatic N) is 1. The minimum absolute atomic E-state index is 0.398. The van der Waals surface area contributed by atoms with E-state index in [4.69, 9.17) is 0 Å². The van der Waals surface area contributed by atoms with Crippen LogP contribution in [0.15, 0.2) is 41.8 Å². The van der Waals surface area contributed by atoms with Crippen LogP contribution in [0.25, 0.3) is 0 Å². The summed E-state index contributed by atoms with van der Waals surface area (Å²) < 4.78 is 26.7. The highest BCUT2D eigenvalue weighted by atomic mass is 32.2. The molecule has 0 fully saturated rings. The van der Waals surface area contributed by atoms with Gasteiger partial charge in [0.25, 0.3) is 0 Å². The highest BCUT2D eigenvalue weighted by Gasteiger charge is 2.22. The van der Waals surface area contributed by atoms with Gasteiger partial charge in [-0.3, -0.25) is 0 Å². The van der Waals surface area contributed by atoms with Crippen molar-refractivity contribution in [2.24, 2.45) is 0 Å². The van der Waals surface area contributed by atoms with Crippen molar-refractivity contribution in [2.75, 3.05) is 20.1 Å². The molecule has 0 aliphatic carbocycles. The molecule has 1 aromatic rings. The van der Waals surface area contributed by atoms with E-state index in [0.29, 0.717) is 18.0 Å². The first-order valence-electron chi connectivity index (χ1n) is 7.40. The smallest absolute Gasteiger partial charge is 0.243 e. The minimum atomic E-state index is -3.43. The molecule has 0 atom stereocenters. The number of hydrogen-bond acceptors (Lipinski definition) is 3. The van der Waals surface area contributed by atoms with Gasteiger partial charge in [0.1, 0.15) is 0 Å². The van der Waals surface area contributed by atoms with Gasteiger partial charge in [0.2, 0.25) is 10.0 Å². The summed E-state index contributed by atoms with van der Waals surface area (Å²) in [7, 11) is -1.79. The van der Waals surface area contributed by atoms with E-state index >= 15 is 0 Å². The zero-order valence-electron chi connectivity index (χ0n) is 13.0.